The molecule has 2 rings (SSSR count). The topological polar surface area (TPSA) is 29.5 Å². The highest BCUT2D eigenvalue weighted by molar-refractivity contribution is 5.96. The Kier molecular flexibility index (Phi) is 5.60. The molecule has 0 aliphatic carbocycles. The van der Waals surface area contributed by atoms with Crippen LogP contribution in [0.15, 0.2) is 24.3 Å². The summed E-state index contributed by atoms with van der Waals surface area (Å²) < 4.78 is 5.15. The number of benzene rings is 1. The molecule has 20 heavy (non-hydrogen) atoms. The number of nitrogens with zero attached hydrogens (tertiary/aromatic N) is 1. The summed E-state index contributed by atoms with van der Waals surface area (Å²) in [5, 5.41) is 0. The monoisotopic (exact) mass is 275 g/mol. The second kappa shape index (κ2) is 7.44. The van der Waals surface area contributed by atoms with Crippen LogP contribution in [-0.2, 0) is 0 Å². The molecular formula is C17H25NO2. The zero-order valence-electron chi connectivity index (χ0n) is 12.6. The molecule has 3 heteroatoms. The Bertz CT molecular complexity index is 436. The number of rotatable bonds is 6. The lowest BCUT2D eigenvalue weighted by Gasteiger charge is -2.29. The highest BCUT2D eigenvalue weighted by Crippen LogP contribution is 2.17. The minimum atomic E-state index is 0.217. The minimum Gasteiger partial charge on any atom is -0.497 e. The normalized spacial score (nSPS) is 17.1. The first-order chi connectivity index (χ1) is 9.69. The van der Waals surface area contributed by atoms with Gasteiger partial charge in [0.25, 0.3) is 0 Å². The largest absolute Gasteiger partial charge is 0.497 e. The summed E-state index contributed by atoms with van der Waals surface area (Å²) in [5.74, 6) is 1.83. The molecule has 1 aromatic carbocycles. The molecule has 0 amide bonds. The maximum Gasteiger partial charge on any atom is 0.163 e. The Balaban J connectivity index is 1.74. The SMILES string of the molecule is COc1cccc(C(=O)CCCN2CCC(C)CC2)c1. The predicted molar refractivity (Wildman–Crippen MR) is 81.4 cm³/mol. The van der Waals surface area contributed by atoms with Crippen molar-refractivity contribution in [2.45, 2.75) is 32.6 Å². The van der Waals surface area contributed by atoms with Crippen molar-refractivity contribution in [2.75, 3.05) is 26.7 Å². The molecule has 0 bridgehead atoms. The van der Waals surface area contributed by atoms with Gasteiger partial charge in [0.1, 0.15) is 5.75 Å². The van der Waals surface area contributed by atoms with Crippen molar-refractivity contribution in [1.29, 1.82) is 0 Å². The first kappa shape index (κ1) is 15.0. The van der Waals surface area contributed by atoms with Crippen molar-refractivity contribution >= 4 is 5.78 Å². The van der Waals surface area contributed by atoms with Gasteiger partial charge in [0.05, 0.1) is 7.11 Å². The van der Waals surface area contributed by atoms with Gasteiger partial charge in [0.2, 0.25) is 0 Å². The summed E-state index contributed by atoms with van der Waals surface area (Å²) in [6.07, 6.45) is 4.16. The van der Waals surface area contributed by atoms with E-state index in [0.29, 0.717) is 6.42 Å². The maximum absolute atomic E-state index is 12.1. The Morgan fingerprint density at radius 1 is 1.35 bits per heavy atom. The van der Waals surface area contributed by atoms with Crippen molar-refractivity contribution in [3.63, 3.8) is 0 Å². The van der Waals surface area contributed by atoms with Gasteiger partial charge in [-0.25, -0.2) is 0 Å². The lowest BCUT2D eigenvalue weighted by Crippen LogP contribution is -2.33. The van der Waals surface area contributed by atoms with Crippen LogP contribution in [0, 0.1) is 5.92 Å². The highest BCUT2D eigenvalue weighted by Gasteiger charge is 2.15. The molecule has 3 nitrogen and oxygen atoms in total. The summed E-state index contributed by atoms with van der Waals surface area (Å²) in [4.78, 5) is 14.6. The summed E-state index contributed by atoms with van der Waals surface area (Å²) >= 11 is 0. The average Bonchev–Trinajstić information content (AvgIpc) is 2.49. The van der Waals surface area contributed by atoms with Gasteiger partial charge in [-0.2, -0.15) is 0 Å². The standard InChI is InChI=1S/C17H25NO2/c1-14-8-11-18(12-9-14)10-4-7-17(19)15-5-3-6-16(13-15)20-2/h3,5-6,13-14H,4,7-12H2,1-2H3. The fourth-order valence-electron chi connectivity index (χ4n) is 2.69. The zero-order chi connectivity index (χ0) is 14.4. The van der Waals surface area contributed by atoms with Crippen molar-refractivity contribution in [3.05, 3.63) is 29.8 Å². The lowest BCUT2D eigenvalue weighted by atomic mass is 9.99. The van der Waals surface area contributed by atoms with Gasteiger partial charge in [-0.3, -0.25) is 4.79 Å². The molecule has 0 aromatic heterocycles. The number of hydrogen-bond acceptors (Lipinski definition) is 3. The van der Waals surface area contributed by atoms with E-state index in [2.05, 4.69) is 11.8 Å². The number of piperidine rings is 1. The molecule has 0 spiro atoms. The smallest absolute Gasteiger partial charge is 0.163 e. The van der Waals surface area contributed by atoms with Crippen LogP contribution in [-0.4, -0.2) is 37.4 Å². The Labute approximate surface area is 121 Å². The summed E-state index contributed by atoms with van der Waals surface area (Å²) in [6, 6.07) is 7.43. The molecule has 0 saturated carbocycles. The van der Waals surface area contributed by atoms with E-state index < -0.39 is 0 Å². The highest BCUT2D eigenvalue weighted by atomic mass is 16.5. The van der Waals surface area contributed by atoms with Gasteiger partial charge in [0.15, 0.2) is 5.78 Å². The second-order valence-electron chi connectivity index (χ2n) is 5.78. The molecule has 0 radical (unpaired) electrons. The third-order valence-corrected chi connectivity index (χ3v) is 4.15. The minimum absolute atomic E-state index is 0.217. The predicted octanol–water partition coefficient (Wildman–Crippen LogP) is 3.39. The number of ether oxygens (including phenoxy) is 1. The quantitative estimate of drug-likeness (QED) is 0.745. The zero-order valence-corrected chi connectivity index (χ0v) is 12.6. The number of ketones is 1. The van der Waals surface area contributed by atoms with Crippen LogP contribution in [0.4, 0.5) is 0 Å². The first-order valence-electron chi connectivity index (χ1n) is 7.58. The number of Topliss-reactive ketones (excluding diaryl/α,β-unsaturated/α-hetero) is 1. The van der Waals surface area contributed by atoms with Gasteiger partial charge in [0, 0.05) is 12.0 Å². The van der Waals surface area contributed by atoms with Crippen molar-refractivity contribution in [3.8, 4) is 5.75 Å². The summed E-state index contributed by atoms with van der Waals surface area (Å²) in [7, 11) is 1.63. The maximum atomic E-state index is 12.1. The molecule has 110 valence electrons. The molecule has 1 aliphatic rings. The lowest BCUT2D eigenvalue weighted by molar-refractivity contribution is 0.0970. The second-order valence-corrected chi connectivity index (χ2v) is 5.78. The van der Waals surface area contributed by atoms with E-state index in [1.165, 1.54) is 25.9 Å². The fourth-order valence-corrected chi connectivity index (χ4v) is 2.69. The van der Waals surface area contributed by atoms with E-state index in [1.54, 1.807) is 7.11 Å². The molecule has 0 atom stereocenters. The van der Waals surface area contributed by atoms with Gasteiger partial charge < -0.3 is 9.64 Å². The van der Waals surface area contributed by atoms with Crippen LogP contribution in [0.1, 0.15) is 43.0 Å². The van der Waals surface area contributed by atoms with Crippen LogP contribution < -0.4 is 4.74 Å². The van der Waals surface area contributed by atoms with Crippen LogP contribution in [0.5, 0.6) is 5.75 Å². The molecule has 1 aromatic rings. The van der Waals surface area contributed by atoms with E-state index in [9.17, 15) is 4.79 Å². The van der Waals surface area contributed by atoms with Crippen LogP contribution >= 0.6 is 0 Å². The van der Waals surface area contributed by atoms with Gasteiger partial charge >= 0.3 is 0 Å². The molecule has 1 saturated heterocycles. The third-order valence-electron chi connectivity index (χ3n) is 4.15. The molecule has 1 aliphatic heterocycles. The van der Waals surface area contributed by atoms with Crippen LogP contribution in [0.3, 0.4) is 0 Å². The fraction of sp³-hybridized carbons (Fsp3) is 0.588. The van der Waals surface area contributed by atoms with Crippen molar-refractivity contribution in [1.82, 2.24) is 4.90 Å². The number of likely N-dealkylation sites (tertiary alicyclic amines) is 1. The molecule has 1 heterocycles. The van der Waals surface area contributed by atoms with Crippen LogP contribution in [0.25, 0.3) is 0 Å². The molecule has 0 unspecified atom stereocenters. The molecular weight excluding hydrogens is 250 g/mol. The van der Waals surface area contributed by atoms with Crippen LogP contribution in [0.2, 0.25) is 0 Å². The Hall–Kier alpha value is -1.35. The number of methoxy groups -OCH3 is 1. The van der Waals surface area contributed by atoms with E-state index in [1.807, 2.05) is 24.3 Å². The van der Waals surface area contributed by atoms with Gasteiger partial charge in [-0.15, -0.1) is 0 Å². The Morgan fingerprint density at radius 3 is 2.80 bits per heavy atom. The number of carbonyl (C=O) groups is 1. The molecule has 0 N–H and O–H groups in total. The van der Waals surface area contributed by atoms with E-state index >= 15 is 0 Å². The summed E-state index contributed by atoms with van der Waals surface area (Å²) in [5.41, 5.74) is 0.761. The third kappa shape index (κ3) is 4.34. The van der Waals surface area contributed by atoms with Crippen molar-refractivity contribution < 1.29 is 9.53 Å². The van der Waals surface area contributed by atoms with E-state index in [-0.39, 0.29) is 5.78 Å². The number of carbonyl (C=O) groups excluding carboxylic acids is 1. The van der Waals surface area contributed by atoms with Gasteiger partial charge in [-0.1, -0.05) is 19.1 Å². The average molecular weight is 275 g/mol. The van der Waals surface area contributed by atoms with Crippen molar-refractivity contribution in [2.24, 2.45) is 5.92 Å². The summed E-state index contributed by atoms with van der Waals surface area (Å²) in [6.45, 7) is 5.75. The van der Waals surface area contributed by atoms with Gasteiger partial charge in [-0.05, 0) is 56.9 Å². The Morgan fingerprint density at radius 2 is 2.10 bits per heavy atom. The van der Waals surface area contributed by atoms with E-state index in [0.717, 1.165) is 30.2 Å². The molecule has 1 fully saturated rings. The first-order valence-corrected chi connectivity index (χ1v) is 7.58. The van der Waals surface area contributed by atoms with E-state index in [4.69, 9.17) is 4.74 Å². The number of hydrogen-bond donors (Lipinski definition) is 0.